The van der Waals surface area contributed by atoms with Gasteiger partial charge < -0.3 is 14.5 Å². The third-order valence-corrected chi connectivity index (χ3v) is 12.7. The summed E-state index contributed by atoms with van der Waals surface area (Å²) in [4.78, 5) is 13.5. The number of alkyl halides is 9. The Morgan fingerprint density at radius 2 is 0.656 bits per heavy atom. The maximum atomic E-state index is 10.7. The summed E-state index contributed by atoms with van der Waals surface area (Å²) in [5.74, 6) is -1.24. The molecule has 0 aliphatic rings. The molecule has 1 aromatic heterocycles. The van der Waals surface area contributed by atoms with Gasteiger partial charge in [0.25, 0.3) is 0 Å². The minimum Gasteiger partial charge on any atom is -0.741 e. The monoisotopic (exact) mass is 1230 g/mol. The molecule has 19 heteroatoms. The van der Waals surface area contributed by atoms with Gasteiger partial charge in [-0.05, 0) is 59.8 Å². The van der Waals surface area contributed by atoms with Gasteiger partial charge >= 0.3 is 26.6 Å². The van der Waals surface area contributed by atoms with Crippen molar-refractivity contribution in [1.82, 2.24) is 4.98 Å². The number of carbonyl (C=O) groups excluding carboxylic acids is 1. The van der Waals surface area contributed by atoms with Crippen LogP contribution in [0, 0.1) is 0 Å². The second-order valence-corrected chi connectivity index (χ2v) is 21.4. The molecule has 0 saturated heterocycles. The number of pyridine rings is 1. The van der Waals surface area contributed by atoms with Gasteiger partial charge in [-0.25, -0.2) is 8.42 Å². The van der Waals surface area contributed by atoms with Gasteiger partial charge in [-0.2, -0.15) is 13.2 Å². The molecule has 7 aromatic rings. The zero-order valence-corrected chi connectivity index (χ0v) is 42.2. The molecule has 0 amide bonds. The summed E-state index contributed by atoms with van der Waals surface area (Å²) in [6, 6.07) is 69.3. The zero-order chi connectivity index (χ0) is 46.7. The van der Waals surface area contributed by atoms with Crippen LogP contribution in [0.4, 0.5) is 13.2 Å². The fourth-order valence-electron chi connectivity index (χ4n) is 4.84. The van der Waals surface area contributed by atoms with Gasteiger partial charge in [0.05, 0.1) is 11.7 Å². The molecule has 0 fully saturated rings. The molecule has 6 nitrogen and oxygen atoms in total. The van der Waals surface area contributed by atoms with Crippen LogP contribution >= 0.6 is 85.4 Å². The van der Waals surface area contributed by atoms with Gasteiger partial charge in [0, 0.05) is 6.20 Å². The molecule has 0 saturated carbocycles. The molecular weight excluding hydrogens is 1190 g/mol. The van der Waals surface area contributed by atoms with E-state index in [1.807, 2.05) is 0 Å². The van der Waals surface area contributed by atoms with Crippen molar-refractivity contribution in [3.8, 4) is 0 Å². The third kappa shape index (κ3) is 24.5. The number of halogens is 9. The second-order valence-electron chi connectivity index (χ2n) is 11.6. The number of rotatable bonds is 7. The molecule has 0 aliphatic heterocycles. The van der Waals surface area contributed by atoms with E-state index in [4.69, 9.17) is 82.6 Å². The van der Waals surface area contributed by atoms with Crippen LogP contribution in [-0.4, -0.2) is 38.0 Å². The Morgan fingerprint density at radius 1 is 0.469 bits per heavy atom. The van der Waals surface area contributed by atoms with Crippen LogP contribution in [0.2, 0.25) is 0 Å². The Bertz CT molecular complexity index is 2060. The van der Waals surface area contributed by atoms with Crippen LogP contribution in [0.15, 0.2) is 206 Å². The van der Waals surface area contributed by atoms with Gasteiger partial charge in [0.2, 0.25) is 0 Å². The van der Waals surface area contributed by atoms with Crippen LogP contribution in [0.3, 0.4) is 0 Å². The summed E-state index contributed by atoms with van der Waals surface area (Å²) < 4.78 is 57.4. The Balaban J connectivity index is 0.000000423. The third-order valence-electron chi connectivity index (χ3n) is 7.24. The Kier molecular flexibility index (Phi) is 30.0. The van der Waals surface area contributed by atoms with E-state index in [0.717, 1.165) is 0 Å². The smallest absolute Gasteiger partial charge is 0.741 e. The average molecular weight is 1230 g/mol. The number of carboxylic acid groups (broad SMARTS) is 1. The molecule has 0 bridgehead atoms. The first-order chi connectivity index (χ1) is 29.9. The average Bonchev–Trinajstić information content (AvgIpc) is 3.26. The van der Waals surface area contributed by atoms with E-state index < -0.39 is 46.0 Å². The molecule has 0 unspecified atom stereocenters. The van der Waals surface area contributed by atoms with Gasteiger partial charge in [-0.1, -0.05) is 258 Å². The largest absolute Gasteiger partial charge is 2.00 e. The number of carbonyl (C=O) groups is 1. The van der Waals surface area contributed by atoms with E-state index in [9.17, 15) is 23.1 Å². The van der Waals surface area contributed by atoms with Crippen molar-refractivity contribution < 1.29 is 57.1 Å². The minimum absolute atomic E-state index is 0. The molecule has 0 radical (unpaired) electrons. The van der Waals surface area contributed by atoms with Crippen LogP contribution in [0.25, 0.3) is 0 Å². The first kappa shape index (κ1) is 58.9. The van der Waals surface area contributed by atoms with Crippen LogP contribution < -0.4 is 36.9 Å². The first-order valence-electron chi connectivity index (χ1n) is 17.8. The van der Waals surface area contributed by atoms with E-state index in [-0.39, 0.29) is 26.8 Å². The van der Waals surface area contributed by atoms with Crippen molar-refractivity contribution in [2.24, 2.45) is 0 Å². The number of nitrogens with zero attached hydrogens (tertiary/aromatic N) is 1. The standard InChI is InChI=1S/2C18H15P.C6H5NO2.2CHCl3.CHF3O3S.Pt/c2*1-4-10-16(11-5-1)19(17-12-6-2-7-13-17)18-14-8-3-9-15-18;8-6(9)5-3-1-2-4-7-5;2*2-1(3)4;2-1(3,4)8(5,6)7;/h2*1-15H;1-4H,(H,8,9);2*1H;(H,5,6,7);/q;;;;;;+2/p-2. The van der Waals surface area contributed by atoms with E-state index >= 15 is 0 Å². The van der Waals surface area contributed by atoms with Gasteiger partial charge in [-0.15, -0.1) is 0 Å². The fraction of sp³-hybridized carbons (Fsp3) is 0.0667. The number of carboxylic acids is 1. The number of benzene rings is 6. The molecule has 6 aromatic carbocycles. The summed E-state index contributed by atoms with van der Waals surface area (Å²) in [7, 11) is -6.98. The van der Waals surface area contributed by atoms with Crippen molar-refractivity contribution >= 4 is 133 Å². The summed E-state index contributed by atoms with van der Waals surface area (Å²) in [6.45, 7) is 0. The minimum atomic E-state index is -6.09. The molecule has 340 valence electrons. The van der Waals surface area contributed by atoms with Gasteiger partial charge in [-0.3, -0.25) is 4.98 Å². The number of hydrogen-bond acceptors (Lipinski definition) is 6. The van der Waals surface area contributed by atoms with Gasteiger partial charge in [0.1, 0.15) is 0 Å². The van der Waals surface area contributed by atoms with Gasteiger partial charge in [0.15, 0.2) is 18.7 Å². The molecular formula is C45H36Cl6F3NO5P2PtS. The molecule has 0 atom stereocenters. The van der Waals surface area contributed by atoms with Crippen molar-refractivity contribution in [2.75, 3.05) is 0 Å². The summed E-state index contributed by atoms with van der Waals surface area (Å²) >= 11 is 28.8. The summed E-state index contributed by atoms with van der Waals surface area (Å²) in [6.07, 6.45) is 1.41. The molecule has 7 rings (SSSR count). The van der Waals surface area contributed by atoms with Crippen LogP contribution in [0.1, 0.15) is 10.5 Å². The van der Waals surface area contributed by atoms with Crippen LogP contribution in [0.5, 0.6) is 0 Å². The van der Waals surface area contributed by atoms with Crippen molar-refractivity contribution in [3.63, 3.8) is 0 Å². The summed E-state index contributed by atoms with van der Waals surface area (Å²) in [5.41, 5.74) is -5.68. The first-order valence-corrected chi connectivity index (χ1v) is 24.5. The molecule has 0 spiro atoms. The Hall–Kier alpha value is -3.07. The van der Waals surface area contributed by atoms with Crippen molar-refractivity contribution in [3.05, 3.63) is 212 Å². The fourth-order valence-corrected chi connectivity index (χ4v) is 9.45. The molecule has 1 heterocycles. The number of aromatic nitrogens is 1. The number of hydrogen-bond donors (Lipinski definition) is 0. The Morgan fingerprint density at radius 3 is 0.781 bits per heavy atom. The second kappa shape index (κ2) is 32.6. The normalized spacial score (nSPS) is 10.4. The summed E-state index contributed by atoms with van der Waals surface area (Å²) in [5, 5.41) is 18.4. The van der Waals surface area contributed by atoms with Crippen molar-refractivity contribution in [2.45, 2.75) is 14.1 Å². The van der Waals surface area contributed by atoms with Crippen LogP contribution in [-0.2, 0) is 31.2 Å². The number of aromatic carboxylic acids is 1. The molecule has 0 aliphatic carbocycles. The van der Waals surface area contributed by atoms with Crippen molar-refractivity contribution in [1.29, 1.82) is 0 Å². The molecule has 0 N–H and O–H groups in total. The van der Waals surface area contributed by atoms with E-state index in [0.29, 0.717) is 0 Å². The Labute approximate surface area is 418 Å². The zero-order valence-electron chi connectivity index (χ0n) is 32.8. The predicted octanol–water partition coefficient (Wildman–Crippen LogP) is 10.4. The van der Waals surface area contributed by atoms with E-state index in [2.05, 4.69) is 187 Å². The van der Waals surface area contributed by atoms with E-state index in [1.165, 1.54) is 44.1 Å². The topological polar surface area (TPSA) is 110 Å². The molecule has 64 heavy (non-hydrogen) atoms. The quantitative estimate of drug-likeness (QED) is 0.0681. The maximum absolute atomic E-state index is 10.7. The maximum Gasteiger partial charge on any atom is 2.00 e. The SMILES string of the molecule is ClC(Cl)Cl.ClC(Cl)Cl.O=C([O-])c1ccccn1.O=S(=O)([O-])C(F)(F)F.[Pt+2].c1ccc(P(c2ccccc2)c2ccccc2)cc1.c1ccc(P(c2ccccc2)c2ccccc2)cc1. The predicted molar refractivity (Wildman–Crippen MR) is 257 cm³/mol. The van der Waals surface area contributed by atoms with E-state index in [1.54, 1.807) is 12.1 Å².